The van der Waals surface area contributed by atoms with E-state index in [4.69, 9.17) is 4.74 Å². The van der Waals surface area contributed by atoms with Crippen LogP contribution in [0, 0.1) is 0 Å². The number of nitrogens with one attached hydrogen (secondary N) is 1. The lowest BCUT2D eigenvalue weighted by atomic mass is 10.0. The molecular formula is C17H34N2O2. The number of likely N-dealkylation sites (tertiary alicyclic amines) is 1. The van der Waals surface area contributed by atoms with Crippen molar-refractivity contribution in [1.82, 2.24) is 10.2 Å². The average Bonchev–Trinajstić information content (AvgIpc) is 2.41. The number of piperidine rings is 1. The van der Waals surface area contributed by atoms with Crippen LogP contribution in [0.1, 0.15) is 73.1 Å². The van der Waals surface area contributed by atoms with Crippen LogP contribution in [0.2, 0.25) is 0 Å². The molecule has 2 unspecified atom stereocenters. The molecule has 2 atom stereocenters. The molecule has 0 saturated carbocycles. The molecule has 0 aromatic carbocycles. The molecule has 0 aromatic heterocycles. The van der Waals surface area contributed by atoms with E-state index in [-0.39, 0.29) is 12.1 Å². The molecule has 1 aliphatic heterocycles. The van der Waals surface area contributed by atoms with Crippen molar-refractivity contribution in [2.24, 2.45) is 0 Å². The first-order chi connectivity index (χ1) is 9.83. The summed E-state index contributed by atoms with van der Waals surface area (Å²) >= 11 is 0. The predicted molar refractivity (Wildman–Crippen MR) is 87.6 cm³/mol. The Labute approximate surface area is 130 Å². The monoisotopic (exact) mass is 298 g/mol. The van der Waals surface area contributed by atoms with Gasteiger partial charge in [-0.25, -0.2) is 4.79 Å². The molecule has 0 radical (unpaired) electrons. The van der Waals surface area contributed by atoms with E-state index >= 15 is 0 Å². The maximum atomic E-state index is 12.3. The lowest BCUT2D eigenvalue weighted by Gasteiger charge is -2.37. The summed E-state index contributed by atoms with van der Waals surface area (Å²) < 4.78 is 5.54. The van der Waals surface area contributed by atoms with Gasteiger partial charge < -0.3 is 15.0 Å². The average molecular weight is 298 g/mol. The van der Waals surface area contributed by atoms with Crippen LogP contribution in [0.15, 0.2) is 0 Å². The number of nitrogens with zero attached hydrogens (tertiary/aromatic N) is 1. The van der Waals surface area contributed by atoms with E-state index in [1.807, 2.05) is 25.7 Å². The molecule has 1 N–H and O–H groups in total. The van der Waals surface area contributed by atoms with Crippen molar-refractivity contribution < 1.29 is 9.53 Å². The van der Waals surface area contributed by atoms with Gasteiger partial charge in [0, 0.05) is 25.2 Å². The number of carbonyl (C=O) groups is 1. The fraction of sp³-hybridized carbons (Fsp3) is 0.941. The van der Waals surface area contributed by atoms with Crippen LogP contribution in [0.5, 0.6) is 0 Å². The molecule has 0 aromatic rings. The van der Waals surface area contributed by atoms with E-state index in [2.05, 4.69) is 19.2 Å². The summed E-state index contributed by atoms with van der Waals surface area (Å²) in [6.45, 7) is 11.9. The first kappa shape index (κ1) is 18.3. The van der Waals surface area contributed by atoms with E-state index in [9.17, 15) is 4.79 Å². The highest BCUT2D eigenvalue weighted by Crippen LogP contribution is 2.20. The molecule has 124 valence electrons. The topological polar surface area (TPSA) is 41.6 Å². The molecule has 4 nitrogen and oxygen atoms in total. The van der Waals surface area contributed by atoms with Crippen LogP contribution in [0.25, 0.3) is 0 Å². The van der Waals surface area contributed by atoms with Gasteiger partial charge in [-0.1, -0.05) is 19.8 Å². The lowest BCUT2D eigenvalue weighted by molar-refractivity contribution is 0.00967. The number of ether oxygens (including phenoxy) is 1. The number of carbonyl (C=O) groups excluding carboxylic acids is 1. The van der Waals surface area contributed by atoms with E-state index in [1.165, 1.54) is 25.7 Å². The zero-order chi connectivity index (χ0) is 15.9. The molecular weight excluding hydrogens is 264 g/mol. The third kappa shape index (κ3) is 7.16. The van der Waals surface area contributed by atoms with Crippen LogP contribution in [-0.2, 0) is 4.74 Å². The quantitative estimate of drug-likeness (QED) is 0.807. The van der Waals surface area contributed by atoms with Gasteiger partial charge in [-0.15, -0.1) is 0 Å². The zero-order valence-corrected chi connectivity index (χ0v) is 14.6. The molecule has 0 bridgehead atoms. The van der Waals surface area contributed by atoms with E-state index in [0.717, 1.165) is 25.9 Å². The van der Waals surface area contributed by atoms with Crippen LogP contribution in [-0.4, -0.2) is 41.8 Å². The fourth-order valence-electron chi connectivity index (χ4n) is 2.72. The Hall–Kier alpha value is -0.770. The Balaban J connectivity index is 2.47. The second-order valence-electron chi connectivity index (χ2n) is 7.27. The Morgan fingerprint density at radius 2 is 2.10 bits per heavy atom. The first-order valence-electron chi connectivity index (χ1n) is 8.56. The second-order valence-corrected chi connectivity index (χ2v) is 7.27. The van der Waals surface area contributed by atoms with Gasteiger partial charge in [0.05, 0.1) is 0 Å². The van der Waals surface area contributed by atoms with Gasteiger partial charge in [-0.05, 0) is 53.4 Å². The maximum Gasteiger partial charge on any atom is 0.410 e. The Morgan fingerprint density at radius 1 is 1.38 bits per heavy atom. The number of hydrogen-bond donors (Lipinski definition) is 1. The highest BCUT2D eigenvalue weighted by atomic mass is 16.6. The van der Waals surface area contributed by atoms with Gasteiger partial charge in [0.25, 0.3) is 0 Å². The fourth-order valence-corrected chi connectivity index (χ4v) is 2.72. The van der Waals surface area contributed by atoms with Gasteiger partial charge in [-0.2, -0.15) is 0 Å². The van der Waals surface area contributed by atoms with Crippen molar-refractivity contribution in [2.75, 3.05) is 13.1 Å². The third-order valence-corrected chi connectivity index (χ3v) is 3.95. The Bertz CT molecular complexity index is 312. The van der Waals surface area contributed by atoms with Gasteiger partial charge in [0.15, 0.2) is 0 Å². The number of rotatable bonds is 6. The van der Waals surface area contributed by atoms with Crippen molar-refractivity contribution in [1.29, 1.82) is 0 Å². The summed E-state index contributed by atoms with van der Waals surface area (Å²) in [4.78, 5) is 14.2. The molecule has 1 saturated heterocycles. The van der Waals surface area contributed by atoms with Crippen LogP contribution >= 0.6 is 0 Å². The Morgan fingerprint density at radius 3 is 2.71 bits per heavy atom. The van der Waals surface area contributed by atoms with Gasteiger partial charge in [0.1, 0.15) is 5.60 Å². The van der Waals surface area contributed by atoms with Gasteiger partial charge in [-0.3, -0.25) is 0 Å². The van der Waals surface area contributed by atoms with Crippen LogP contribution in [0.3, 0.4) is 0 Å². The molecule has 0 aliphatic carbocycles. The third-order valence-electron chi connectivity index (χ3n) is 3.95. The first-order valence-corrected chi connectivity index (χ1v) is 8.56. The maximum absolute atomic E-state index is 12.3. The largest absolute Gasteiger partial charge is 0.444 e. The number of unbranched alkanes of at least 4 members (excludes halogenated alkanes) is 1. The minimum atomic E-state index is -0.416. The highest BCUT2D eigenvalue weighted by Gasteiger charge is 2.30. The van der Waals surface area contributed by atoms with Crippen molar-refractivity contribution in [2.45, 2.75) is 90.8 Å². The highest BCUT2D eigenvalue weighted by molar-refractivity contribution is 5.68. The second kappa shape index (κ2) is 8.62. The summed E-state index contributed by atoms with van der Waals surface area (Å²) in [5.74, 6) is 0. The molecule has 0 spiro atoms. The van der Waals surface area contributed by atoms with E-state index in [1.54, 1.807) is 0 Å². The summed E-state index contributed by atoms with van der Waals surface area (Å²) in [6, 6.07) is 0.796. The zero-order valence-electron chi connectivity index (χ0n) is 14.6. The van der Waals surface area contributed by atoms with Crippen molar-refractivity contribution in [3.05, 3.63) is 0 Å². The summed E-state index contributed by atoms with van der Waals surface area (Å²) in [5, 5.41) is 3.59. The molecule has 1 amide bonds. The summed E-state index contributed by atoms with van der Waals surface area (Å²) in [5.41, 5.74) is -0.416. The minimum absolute atomic E-state index is 0.157. The van der Waals surface area contributed by atoms with Gasteiger partial charge >= 0.3 is 6.09 Å². The summed E-state index contributed by atoms with van der Waals surface area (Å²) in [7, 11) is 0. The van der Waals surface area contributed by atoms with Crippen LogP contribution in [0.4, 0.5) is 4.79 Å². The number of hydrogen-bond acceptors (Lipinski definition) is 3. The smallest absolute Gasteiger partial charge is 0.410 e. The van der Waals surface area contributed by atoms with E-state index in [0.29, 0.717) is 6.04 Å². The SMILES string of the molecule is CCCCC(C)NCC1CCCCN1C(=O)OC(C)(C)C. The molecule has 4 heteroatoms. The van der Waals surface area contributed by atoms with Crippen LogP contribution < -0.4 is 5.32 Å². The molecule has 1 fully saturated rings. The van der Waals surface area contributed by atoms with Crippen molar-refractivity contribution >= 4 is 6.09 Å². The predicted octanol–water partition coefficient (Wildman–Crippen LogP) is 3.94. The molecule has 1 aliphatic rings. The number of amides is 1. The summed E-state index contributed by atoms with van der Waals surface area (Å²) in [6.07, 6.45) is 6.90. The molecule has 1 rings (SSSR count). The molecule has 1 heterocycles. The molecule has 21 heavy (non-hydrogen) atoms. The lowest BCUT2D eigenvalue weighted by Crippen LogP contribution is -2.51. The van der Waals surface area contributed by atoms with Gasteiger partial charge in [0.2, 0.25) is 0 Å². The van der Waals surface area contributed by atoms with E-state index < -0.39 is 5.60 Å². The minimum Gasteiger partial charge on any atom is -0.444 e. The Kier molecular flexibility index (Phi) is 7.50. The normalized spacial score (nSPS) is 21.2. The van der Waals surface area contributed by atoms with Crippen molar-refractivity contribution in [3.8, 4) is 0 Å². The standard InChI is InChI=1S/C17H34N2O2/c1-6-7-10-14(2)18-13-15-11-8-9-12-19(15)16(20)21-17(3,4)5/h14-15,18H,6-13H2,1-5H3. The van der Waals surface area contributed by atoms with Crippen molar-refractivity contribution in [3.63, 3.8) is 0 Å².